The summed E-state index contributed by atoms with van der Waals surface area (Å²) < 4.78 is 7.17. The Hall–Kier alpha value is -1.29. The lowest BCUT2D eigenvalue weighted by Crippen LogP contribution is -2.30. The molecule has 2 aliphatic rings. The third-order valence-electron chi connectivity index (χ3n) is 3.72. The molecule has 3 rings (SSSR count). The van der Waals surface area contributed by atoms with Crippen LogP contribution in [0.4, 0.5) is 5.69 Å². The molecule has 0 atom stereocenters. The molecule has 1 aromatic rings. The van der Waals surface area contributed by atoms with E-state index in [4.69, 9.17) is 10.5 Å². The van der Waals surface area contributed by atoms with E-state index >= 15 is 0 Å². The number of nitrogens with two attached hydrogens (primary N) is 1. The summed E-state index contributed by atoms with van der Waals surface area (Å²) in [6.45, 7) is 1.48. The molecule has 92 valence electrons. The molecule has 17 heavy (non-hydrogen) atoms. The molecule has 4 heteroatoms. The first-order valence-corrected chi connectivity index (χ1v) is 6.35. The van der Waals surface area contributed by atoms with Crippen LogP contribution in [0, 0.1) is 0 Å². The Balaban J connectivity index is 1.98. The van der Waals surface area contributed by atoms with Gasteiger partial charge in [-0.2, -0.15) is 0 Å². The highest BCUT2D eigenvalue weighted by Crippen LogP contribution is 2.40. The topological polar surface area (TPSA) is 57.2 Å². The van der Waals surface area contributed by atoms with Gasteiger partial charge >= 0.3 is 0 Å². The van der Waals surface area contributed by atoms with E-state index in [1.54, 1.807) is 0 Å². The van der Waals surface area contributed by atoms with Gasteiger partial charge in [-0.3, -0.25) is 4.79 Å². The lowest BCUT2D eigenvalue weighted by molar-refractivity contribution is 0.0686. The van der Waals surface area contributed by atoms with E-state index < -0.39 is 0 Å². The van der Waals surface area contributed by atoms with E-state index in [1.807, 2.05) is 16.8 Å². The molecule has 2 N–H and O–H groups in total. The van der Waals surface area contributed by atoms with Crippen molar-refractivity contribution in [2.24, 2.45) is 0 Å². The van der Waals surface area contributed by atoms with Gasteiger partial charge in [0.05, 0.1) is 5.69 Å². The summed E-state index contributed by atoms with van der Waals surface area (Å²) in [5.74, 6) is 0.629. The van der Waals surface area contributed by atoms with Crippen LogP contribution >= 0.6 is 0 Å². The maximum atomic E-state index is 12.1. The van der Waals surface area contributed by atoms with Gasteiger partial charge in [-0.25, -0.2) is 0 Å². The molecule has 1 saturated carbocycles. The van der Waals surface area contributed by atoms with E-state index in [-0.39, 0.29) is 11.6 Å². The summed E-state index contributed by atoms with van der Waals surface area (Å²) in [6, 6.07) is 2.12. The molecule has 1 saturated heterocycles. The summed E-state index contributed by atoms with van der Waals surface area (Å²) in [4.78, 5) is 12.1. The Morgan fingerprint density at radius 2 is 1.94 bits per heavy atom. The molecule has 0 aromatic carbocycles. The number of aromatic nitrogens is 1. The highest BCUT2D eigenvalue weighted by Gasteiger charge is 2.26. The van der Waals surface area contributed by atoms with Gasteiger partial charge in [-0.15, -0.1) is 0 Å². The minimum absolute atomic E-state index is 0.0405. The molecule has 1 aliphatic heterocycles. The van der Waals surface area contributed by atoms with Crippen molar-refractivity contribution in [2.75, 3.05) is 18.9 Å². The van der Waals surface area contributed by atoms with Crippen molar-refractivity contribution in [3.8, 4) is 0 Å². The van der Waals surface area contributed by atoms with Crippen LogP contribution in [0.15, 0.2) is 17.1 Å². The Morgan fingerprint density at radius 1 is 1.24 bits per heavy atom. The molecule has 0 unspecified atom stereocenters. The number of nitrogen functional groups attached to an aromatic ring is 1. The van der Waals surface area contributed by atoms with Gasteiger partial charge in [0, 0.05) is 25.5 Å². The first-order chi connectivity index (χ1) is 8.25. The van der Waals surface area contributed by atoms with E-state index in [9.17, 15) is 4.79 Å². The number of ether oxygens (including phenoxy) is 1. The quantitative estimate of drug-likeness (QED) is 0.846. The maximum absolute atomic E-state index is 12.1. The normalized spacial score (nSPS) is 21.6. The van der Waals surface area contributed by atoms with Crippen LogP contribution in [-0.4, -0.2) is 17.8 Å². The first kappa shape index (κ1) is 10.8. The predicted molar refractivity (Wildman–Crippen MR) is 66.2 cm³/mol. The molecule has 0 amide bonds. The zero-order valence-electron chi connectivity index (χ0n) is 9.89. The zero-order valence-corrected chi connectivity index (χ0v) is 9.89. The van der Waals surface area contributed by atoms with E-state index in [0.29, 0.717) is 11.6 Å². The van der Waals surface area contributed by atoms with Crippen molar-refractivity contribution in [2.45, 2.75) is 37.6 Å². The molecule has 0 spiro atoms. The van der Waals surface area contributed by atoms with Crippen molar-refractivity contribution in [3.05, 3.63) is 28.2 Å². The Kier molecular flexibility index (Phi) is 2.67. The Bertz CT molecular complexity index is 471. The van der Waals surface area contributed by atoms with E-state index in [2.05, 4.69) is 0 Å². The van der Waals surface area contributed by atoms with Gasteiger partial charge in [0.15, 0.2) is 0 Å². The largest absolute Gasteiger partial charge is 0.394 e. The van der Waals surface area contributed by atoms with E-state index in [0.717, 1.165) is 26.1 Å². The third kappa shape index (κ3) is 2.09. The monoisotopic (exact) mass is 234 g/mol. The second-order valence-electron chi connectivity index (χ2n) is 5.06. The minimum atomic E-state index is -0.0405. The highest BCUT2D eigenvalue weighted by molar-refractivity contribution is 5.40. The van der Waals surface area contributed by atoms with Crippen molar-refractivity contribution in [3.63, 3.8) is 0 Å². The van der Waals surface area contributed by atoms with Gasteiger partial charge in [-0.1, -0.05) is 0 Å². The molecule has 0 radical (unpaired) electrons. The summed E-state index contributed by atoms with van der Waals surface area (Å²) in [7, 11) is 0. The van der Waals surface area contributed by atoms with Crippen LogP contribution in [0.1, 0.15) is 43.2 Å². The van der Waals surface area contributed by atoms with Crippen LogP contribution < -0.4 is 11.3 Å². The Morgan fingerprint density at radius 3 is 2.59 bits per heavy atom. The van der Waals surface area contributed by atoms with E-state index in [1.165, 1.54) is 18.4 Å². The molecular formula is C13H18N2O2. The second-order valence-corrected chi connectivity index (χ2v) is 5.06. The van der Waals surface area contributed by atoms with Crippen molar-refractivity contribution >= 4 is 5.69 Å². The minimum Gasteiger partial charge on any atom is -0.394 e. The molecule has 2 fully saturated rings. The number of anilines is 1. The van der Waals surface area contributed by atoms with Crippen molar-refractivity contribution < 1.29 is 4.74 Å². The van der Waals surface area contributed by atoms with Gasteiger partial charge in [0.1, 0.15) is 0 Å². The molecule has 0 bridgehead atoms. The van der Waals surface area contributed by atoms with Gasteiger partial charge in [0.2, 0.25) is 0 Å². The summed E-state index contributed by atoms with van der Waals surface area (Å²) in [6.07, 6.45) is 6.30. The molecule has 2 heterocycles. The third-order valence-corrected chi connectivity index (χ3v) is 3.72. The fourth-order valence-electron chi connectivity index (χ4n) is 2.52. The van der Waals surface area contributed by atoms with Crippen LogP contribution in [0.5, 0.6) is 0 Å². The van der Waals surface area contributed by atoms with Crippen LogP contribution in [-0.2, 0) is 4.74 Å². The standard InChI is InChI=1S/C13H18N2O2/c14-12-7-10(9-1-2-9)8-15(13(12)16)11-3-5-17-6-4-11/h7-9,11H,1-6,14H2. The molecule has 4 nitrogen and oxygen atoms in total. The fraction of sp³-hybridized carbons (Fsp3) is 0.615. The number of pyridine rings is 1. The van der Waals surface area contributed by atoms with Crippen molar-refractivity contribution in [1.29, 1.82) is 0 Å². The number of nitrogens with zero attached hydrogens (tertiary/aromatic N) is 1. The smallest absolute Gasteiger partial charge is 0.273 e. The fourth-order valence-corrected chi connectivity index (χ4v) is 2.52. The number of rotatable bonds is 2. The highest BCUT2D eigenvalue weighted by atomic mass is 16.5. The molecular weight excluding hydrogens is 216 g/mol. The zero-order chi connectivity index (χ0) is 11.8. The predicted octanol–water partition coefficient (Wildman–Crippen LogP) is 1.66. The van der Waals surface area contributed by atoms with Crippen LogP contribution in [0.2, 0.25) is 0 Å². The average Bonchev–Trinajstić information content (AvgIpc) is 3.18. The van der Waals surface area contributed by atoms with Gasteiger partial charge in [-0.05, 0) is 43.2 Å². The molecule has 1 aromatic heterocycles. The lowest BCUT2D eigenvalue weighted by atomic mass is 10.1. The van der Waals surface area contributed by atoms with Gasteiger partial charge < -0.3 is 15.0 Å². The second kappa shape index (κ2) is 4.18. The number of hydrogen-bond acceptors (Lipinski definition) is 3. The summed E-state index contributed by atoms with van der Waals surface area (Å²) in [5.41, 5.74) is 7.41. The van der Waals surface area contributed by atoms with Crippen molar-refractivity contribution in [1.82, 2.24) is 4.57 Å². The lowest BCUT2D eigenvalue weighted by Gasteiger charge is -2.25. The van der Waals surface area contributed by atoms with Gasteiger partial charge in [0.25, 0.3) is 5.56 Å². The SMILES string of the molecule is Nc1cc(C2CC2)cn(C2CCOCC2)c1=O. The number of hydrogen-bond donors (Lipinski definition) is 1. The average molecular weight is 234 g/mol. The summed E-state index contributed by atoms with van der Waals surface area (Å²) in [5, 5.41) is 0. The first-order valence-electron chi connectivity index (χ1n) is 6.35. The van der Waals surface area contributed by atoms with Crippen LogP contribution in [0.3, 0.4) is 0 Å². The molecule has 1 aliphatic carbocycles. The summed E-state index contributed by atoms with van der Waals surface area (Å²) >= 11 is 0. The Labute approximate surface area is 100 Å². The van der Waals surface area contributed by atoms with Crippen LogP contribution in [0.25, 0.3) is 0 Å². The maximum Gasteiger partial charge on any atom is 0.273 e.